The van der Waals surface area contributed by atoms with Gasteiger partial charge in [-0.15, -0.1) is 10.2 Å². The monoisotopic (exact) mass is 385 g/mol. The summed E-state index contributed by atoms with van der Waals surface area (Å²) < 4.78 is 11.2. The van der Waals surface area contributed by atoms with Crippen LogP contribution < -0.4 is 4.74 Å². The van der Waals surface area contributed by atoms with E-state index in [0.29, 0.717) is 22.6 Å². The molecule has 1 aromatic heterocycles. The average molecular weight is 386 g/mol. The maximum atomic E-state index is 12.3. The lowest BCUT2D eigenvalue weighted by atomic mass is 10.1. The molecule has 0 saturated carbocycles. The quantitative estimate of drug-likeness (QED) is 0.640. The molecule has 1 heterocycles. The number of ether oxygens (including phenoxy) is 1. The van der Waals surface area contributed by atoms with Gasteiger partial charge in [0.15, 0.2) is 6.61 Å². The van der Waals surface area contributed by atoms with Gasteiger partial charge in [-0.1, -0.05) is 29.3 Å². The van der Waals surface area contributed by atoms with E-state index in [2.05, 4.69) is 10.2 Å². The molecule has 0 saturated heterocycles. The third kappa shape index (κ3) is 4.86. The SMILES string of the molecule is Cc1ccc(-c2nnc(CN(C)C(=O)COc3ccc(Cl)cc3C)o2)cc1. The number of amides is 1. The molecule has 0 aliphatic rings. The summed E-state index contributed by atoms with van der Waals surface area (Å²) in [6.45, 7) is 4.01. The third-order valence-corrected chi connectivity index (χ3v) is 4.29. The van der Waals surface area contributed by atoms with Crippen LogP contribution >= 0.6 is 11.6 Å². The van der Waals surface area contributed by atoms with Crippen molar-refractivity contribution in [2.45, 2.75) is 20.4 Å². The summed E-state index contributed by atoms with van der Waals surface area (Å²) in [4.78, 5) is 13.8. The van der Waals surface area contributed by atoms with Crippen LogP contribution in [0.2, 0.25) is 5.02 Å². The second kappa shape index (κ2) is 8.22. The van der Waals surface area contributed by atoms with E-state index in [0.717, 1.165) is 16.7 Å². The number of likely N-dealkylation sites (N-methyl/N-ethyl adjacent to an activating group) is 1. The molecule has 140 valence electrons. The van der Waals surface area contributed by atoms with E-state index in [-0.39, 0.29) is 19.1 Å². The molecule has 27 heavy (non-hydrogen) atoms. The molecule has 6 nitrogen and oxygen atoms in total. The molecule has 0 radical (unpaired) electrons. The molecule has 0 N–H and O–H groups in total. The van der Waals surface area contributed by atoms with Crippen molar-refractivity contribution in [1.29, 1.82) is 0 Å². The highest BCUT2D eigenvalue weighted by Gasteiger charge is 2.15. The van der Waals surface area contributed by atoms with Gasteiger partial charge in [-0.3, -0.25) is 4.79 Å². The predicted octanol–water partition coefficient (Wildman–Crippen LogP) is 4.04. The highest BCUT2D eigenvalue weighted by Crippen LogP contribution is 2.22. The minimum absolute atomic E-state index is 0.0854. The first-order valence-electron chi connectivity index (χ1n) is 8.44. The minimum Gasteiger partial charge on any atom is -0.483 e. The summed E-state index contributed by atoms with van der Waals surface area (Å²) in [5.74, 6) is 1.23. The van der Waals surface area contributed by atoms with Crippen molar-refractivity contribution >= 4 is 17.5 Å². The van der Waals surface area contributed by atoms with Crippen LogP contribution in [-0.4, -0.2) is 34.7 Å². The summed E-state index contributed by atoms with van der Waals surface area (Å²) in [6.07, 6.45) is 0. The molecule has 0 atom stereocenters. The molecule has 0 aliphatic carbocycles. The van der Waals surface area contributed by atoms with Gasteiger partial charge in [0, 0.05) is 17.6 Å². The van der Waals surface area contributed by atoms with Gasteiger partial charge in [0.1, 0.15) is 5.75 Å². The van der Waals surface area contributed by atoms with Crippen molar-refractivity contribution in [2.24, 2.45) is 0 Å². The average Bonchev–Trinajstić information content (AvgIpc) is 3.09. The summed E-state index contributed by atoms with van der Waals surface area (Å²) >= 11 is 5.92. The van der Waals surface area contributed by atoms with Crippen molar-refractivity contribution in [3.05, 3.63) is 64.5 Å². The minimum atomic E-state index is -0.195. The second-order valence-electron chi connectivity index (χ2n) is 6.32. The van der Waals surface area contributed by atoms with E-state index in [9.17, 15) is 4.79 Å². The van der Waals surface area contributed by atoms with Gasteiger partial charge in [0.2, 0.25) is 11.8 Å². The Balaban J connectivity index is 1.57. The number of carbonyl (C=O) groups excluding carboxylic acids is 1. The maximum absolute atomic E-state index is 12.3. The van der Waals surface area contributed by atoms with E-state index < -0.39 is 0 Å². The fraction of sp³-hybridized carbons (Fsp3) is 0.250. The summed E-state index contributed by atoms with van der Waals surface area (Å²) in [5, 5.41) is 8.69. The van der Waals surface area contributed by atoms with E-state index in [1.54, 1.807) is 25.2 Å². The van der Waals surface area contributed by atoms with E-state index in [1.165, 1.54) is 4.90 Å². The van der Waals surface area contributed by atoms with Crippen LogP contribution in [0, 0.1) is 13.8 Å². The van der Waals surface area contributed by atoms with E-state index >= 15 is 0 Å². The zero-order valence-corrected chi connectivity index (χ0v) is 16.2. The van der Waals surface area contributed by atoms with E-state index in [4.69, 9.17) is 20.8 Å². The molecule has 3 aromatic rings. The first kappa shape index (κ1) is 18.9. The standard InChI is InChI=1S/C20H20ClN3O3/c1-13-4-6-15(7-5-13)20-23-22-18(27-20)11-24(3)19(25)12-26-17-9-8-16(21)10-14(17)2/h4-10H,11-12H2,1-3H3. The van der Waals surface area contributed by atoms with Gasteiger partial charge in [0.25, 0.3) is 5.91 Å². The first-order valence-corrected chi connectivity index (χ1v) is 8.82. The van der Waals surface area contributed by atoms with Gasteiger partial charge in [0.05, 0.1) is 6.54 Å². The Hall–Kier alpha value is -2.86. The number of halogens is 1. The summed E-state index contributed by atoms with van der Waals surface area (Å²) in [7, 11) is 1.66. The summed E-state index contributed by atoms with van der Waals surface area (Å²) in [5.41, 5.74) is 2.87. The van der Waals surface area contributed by atoms with Crippen LogP contribution in [0.3, 0.4) is 0 Å². The molecular weight excluding hydrogens is 366 g/mol. The highest BCUT2D eigenvalue weighted by atomic mass is 35.5. The molecule has 7 heteroatoms. The Morgan fingerprint density at radius 2 is 1.89 bits per heavy atom. The largest absolute Gasteiger partial charge is 0.483 e. The lowest BCUT2D eigenvalue weighted by molar-refractivity contribution is -0.132. The molecule has 2 aromatic carbocycles. The van der Waals surface area contributed by atoms with Gasteiger partial charge in [-0.25, -0.2) is 0 Å². The number of aromatic nitrogens is 2. The number of hydrogen-bond acceptors (Lipinski definition) is 5. The van der Waals surface area contributed by atoms with Crippen LogP contribution in [0.1, 0.15) is 17.0 Å². The first-order chi connectivity index (χ1) is 12.9. The van der Waals surface area contributed by atoms with Crippen molar-refractivity contribution in [2.75, 3.05) is 13.7 Å². The molecular formula is C20H20ClN3O3. The summed E-state index contributed by atoms with van der Waals surface area (Å²) in [6, 6.07) is 13.1. The number of aryl methyl sites for hydroxylation is 2. The van der Waals surface area contributed by atoms with Gasteiger partial charge >= 0.3 is 0 Å². The van der Waals surface area contributed by atoms with Crippen molar-refractivity contribution in [3.8, 4) is 17.2 Å². The topological polar surface area (TPSA) is 68.5 Å². The highest BCUT2D eigenvalue weighted by molar-refractivity contribution is 6.30. The number of nitrogens with zero attached hydrogens (tertiary/aromatic N) is 3. The molecule has 1 amide bonds. The van der Waals surface area contributed by atoms with Crippen LogP contribution in [0.4, 0.5) is 0 Å². The lowest BCUT2D eigenvalue weighted by Gasteiger charge is -2.16. The Morgan fingerprint density at radius 1 is 1.15 bits per heavy atom. The van der Waals surface area contributed by atoms with Gasteiger partial charge in [-0.2, -0.15) is 0 Å². The third-order valence-electron chi connectivity index (χ3n) is 4.05. The van der Waals surface area contributed by atoms with E-state index in [1.807, 2.05) is 38.1 Å². The second-order valence-corrected chi connectivity index (χ2v) is 6.75. The smallest absolute Gasteiger partial charge is 0.260 e. The van der Waals surface area contributed by atoms with Crippen LogP contribution in [-0.2, 0) is 11.3 Å². The molecule has 3 rings (SSSR count). The normalized spacial score (nSPS) is 10.7. The zero-order valence-electron chi connectivity index (χ0n) is 15.4. The molecule has 0 unspecified atom stereocenters. The number of carbonyl (C=O) groups is 1. The fourth-order valence-corrected chi connectivity index (χ4v) is 2.67. The Labute approximate surface area is 162 Å². The number of hydrogen-bond donors (Lipinski definition) is 0. The fourth-order valence-electron chi connectivity index (χ4n) is 2.45. The van der Waals surface area contributed by atoms with Gasteiger partial charge in [-0.05, 0) is 49.7 Å². The zero-order chi connectivity index (χ0) is 19.4. The Morgan fingerprint density at radius 3 is 2.59 bits per heavy atom. The van der Waals surface area contributed by atoms with Crippen LogP contribution in [0.25, 0.3) is 11.5 Å². The molecule has 0 bridgehead atoms. The maximum Gasteiger partial charge on any atom is 0.260 e. The number of benzene rings is 2. The Kier molecular flexibility index (Phi) is 5.76. The molecule has 0 fully saturated rings. The predicted molar refractivity (Wildman–Crippen MR) is 103 cm³/mol. The van der Waals surface area contributed by atoms with Crippen molar-refractivity contribution < 1.29 is 13.9 Å². The Bertz CT molecular complexity index is 938. The van der Waals surface area contributed by atoms with Crippen molar-refractivity contribution in [1.82, 2.24) is 15.1 Å². The van der Waals surface area contributed by atoms with Crippen LogP contribution in [0.5, 0.6) is 5.75 Å². The van der Waals surface area contributed by atoms with Crippen LogP contribution in [0.15, 0.2) is 46.9 Å². The lowest BCUT2D eigenvalue weighted by Crippen LogP contribution is -2.31. The van der Waals surface area contributed by atoms with Crippen molar-refractivity contribution in [3.63, 3.8) is 0 Å². The van der Waals surface area contributed by atoms with Gasteiger partial charge < -0.3 is 14.1 Å². The number of rotatable bonds is 6. The molecule has 0 aliphatic heterocycles. The molecule has 0 spiro atoms.